The minimum atomic E-state index is 0.227. The Labute approximate surface area is 141 Å². The number of nitrogens with zero attached hydrogens (tertiary/aromatic N) is 1. The molecule has 0 radical (unpaired) electrons. The molecule has 2 atom stereocenters. The molecule has 2 saturated carbocycles. The van der Waals surface area contributed by atoms with E-state index in [0.29, 0.717) is 29.7 Å². The maximum atomic E-state index is 12.6. The molecule has 1 amide bonds. The molecule has 23 heavy (non-hydrogen) atoms. The fourth-order valence-electron chi connectivity index (χ4n) is 5.12. The molecule has 0 aromatic heterocycles. The molecular weight excluding hydrogens is 286 g/mol. The Morgan fingerprint density at radius 2 is 1.78 bits per heavy atom. The summed E-state index contributed by atoms with van der Waals surface area (Å²) < 4.78 is 0. The van der Waals surface area contributed by atoms with Gasteiger partial charge in [-0.2, -0.15) is 0 Å². The van der Waals surface area contributed by atoms with Crippen LogP contribution in [0.5, 0.6) is 0 Å². The molecule has 4 heteroatoms. The first-order valence-electron chi connectivity index (χ1n) is 9.93. The van der Waals surface area contributed by atoms with E-state index in [0.717, 1.165) is 19.4 Å². The molecule has 3 aliphatic rings. The van der Waals surface area contributed by atoms with Gasteiger partial charge in [0.2, 0.25) is 5.91 Å². The molecule has 1 heterocycles. The van der Waals surface area contributed by atoms with E-state index >= 15 is 0 Å². The van der Waals surface area contributed by atoms with Crippen LogP contribution in [-0.2, 0) is 4.79 Å². The van der Waals surface area contributed by atoms with Crippen LogP contribution >= 0.6 is 0 Å². The number of piperidine rings is 1. The third kappa shape index (κ3) is 4.27. The van der Waals surface area contributed by atoms with Gasteiger partial charge in [-0.15, -0.1) is 0 Å². The number of fused-ring (bicyclic) bond motifs is 2. The SMILES string of the molecule is CCCN1CCC(CNC(=O)C2CC3CCCC(C2)C3N)CC1. The van der Waals surface area contributed by atoms with Crippen LogP contribution in [0.4, 0.5) is 0 Å². The minimum absolute atomic E-state index is 0.227. The Balaban J connectivity index is 1.40. The van der Waals surface area contributed by atoms with Gasteiger partial charge in [-0.05, 0) is 82.3 Å². The van der Waals surface area contributed by atoms with Crippen LogP contribution in [0.3, 0.4) is 0 Å². The molecule has 0 aromatic rings. The maximum Gasteiger partial charge on any atom is 0.223 e. The van der Waals surface area contributed by atoms with E-state index < -0.39 is 0 Å². The van der Waals surface area contributed by atoms with Gasteiger partial charge in [-0.3, -0.25) is 4.79 Å². The number of nitrogens with two attached hydrogens (primary N) is 1. The number of likely N-dealkylation sites (tertiary alicyclic amines) is 1. The largest absolute Gasteiger partial charge is 0.356 e. The Bertz CT molecular complexity index is 378. The van der Waals surface area contributed by atoms with Gasteiger partial charge in [0.15, 0.2) is 0 Å². The highest BCUT2D eigenvalue weighted by atomic mass is 16.1. The van der Waals surface area contributed by atoms with E-state index in [2.05, 4.69) is 17.1 Å². The van der Waals surface area contributed by atoms with Crippen LogP contribution in [0.2, 0.25) is 0 Å². The summed E-state index contributed by atoms with van der Waals surface area (Å²) in [6.07, 6.45) is 9.55. The number of nitrogens with one attached hydrogen (secondary N) is 1. The fraction of sp³-hybridized carbons (Fsp3) is 0.947. The second-order valence-corrected chi connectivity index (χ2v) is 8.23. The van der Waals surface area contributed by atoms with Crippen molar-refractivity contribution in [2.45, 2.75) is 64.3 Å². The lowest BCUT2D eigenvalue weighted by atomic mass is 9.65. The summed E-state index contributed by atoms with van der Waals surface area (Å²) >= 11 is 0. The zero-order valence-electron chi connectivity index (χ0n) is 14.8. The maximum absolute atomic E-state index is 12.6. The molecule has 0 spiro atoms. The van der Waals surface area contributed by atoms with Crippen LogP contribution in [0.25, 0.3) is 0 Å². The van der Waals surface area contributed by atoms with Gasteiger partial charge in [-0.1, -0.05) is 13.3 Å². The molecule has 3 N–H and O–H groups in total. The van der Waals surface area contributed by atoms with E-state index in [4.69, 9.17) is 5.73 Å². The number of hydrogen-bond acceptors (Lipinski definition) is 3. The molecule has 2 bridgehead atoms. The summed E-state index contributed by atoms with van der Waals surface area (Å²) in [6, 6.07) is 0.357. The van der Waals surface area contributed by atoms with Crippen molar-refractivity contribution in [1.29, 1.82) is 0 Å². The van der Waals surface area contributed by atoms with Crippen LogP contribution in [-0.4, -0.2) is 43.0 Å². The molecule has 2 aliphatic carbocycles. The van der Waals surface area contributed by atoms with Crippen molar-refractivity contribution in [2.75, 3.05) is 26.2 Å². The van der Waals surface area contributed by atoms with Crippen LogP contribution in [0.1, 0.15) is 58.3 Å². The van der Waals surface area contributed by atoms with Crippen LogP contribution in [0, 0.1) is 23.7 Å². The number of amides is 1. The van der Waals surface area contributed by atoms with Crippen molar-refractivity contribution in [3.8, 4) is 0 Å². The first kappa shape index (κ1) is 17.2. The first-order valence-corrected chi connectivity index (χ1v) is 9.93. The Kier molecular flexibility index (Phi) is 5.97. The smallest absolute Gasteiger partial charge is 0.223 e. The number of rotatable bonds is 5. The highest BCUT2D eigenvalue weighted by molar-refractivity contribution is 5.78. The van der Waals surface area contributed by atoms with Gasteiger partial charge in [0.05, 0.1) is 0 Å². The monoisotopic (exact) mass is 321 g/mol. The van der Waals surface area contributed by atoms with Crippen molar-refractivity contribution in [2.24, 2.45) is 29.4 Å². The lowest BCUT2D eigenvalue weighted by Gasteiger charge is -2.43. The molecule has 132 valence electrons. The molecule has 0 aromatic carbocycles. The molecule has 3 rings (SSSR count). The van der Waals surface area contributed by atoms with E-state index in [1.165, 1.54) is 58.2 Å². The van der Waals surface area contributed by atoms with E-state index in [1.807, 2.05) is 0 Å². The summed E-state index contributed by atoms with van der Waals surface area (Å²) in [6.45, 7) is 6.77. The molecular formula is C19H35N3O. The van der Waals surface area contributed by atoms with Gasteiger partial charge in [0.1, 0.15) is 0 Å². The summed E-state index contributed by atoms with van der Waals surface area (Å²) in [5, 5.41) is 3.27. The van der Waals surface area contributed by atoms with Gasteiger partial charge in [0.25, 0.3) is 0 Å². The predicted molar refractivity (Wildman–Crippen MR) is 94.0 cm³/mol. The van der Waals surface area contributed by atoms with Crippen molar-refractivity contribution in [3.05, 3.63) is 0 Å². The summed E-state index contributed by atoms with van der Waals surface area (Å²) in [7, 11) is 0. The van der Waals surface area contributed by atoms with Gasteiger partial charge >= 0.3 is 0 Å². The fourth-order valence-corrected chi connectivity index (χ4v) is 5.12. The molecule has 3 fully saturated rings. The lowest BCUT2D eigenvalue weighted by molar-refractivity contribution is -0.128. The normalized spacial score (nSPS) is 35.9. The van der Waals surface area contributed by atoms with E-state index in [-0.39, 0.29) is 5.92 Å². The van der Waals surface area contributed by atoms with Crippen molar-refractivity contribution < 1.29 is 4.79 Å². The summed E-state index contributed by atoms with van der Waals surface area (Å²) in [5.74, 6) is 2.40. The third-order valence-corrected chi connectivity index (χ3v) is 6.60. The molecule has 2 unspecified atom stereocenters. The van der Waals surface area contributed by atoms with Gasteiger partial charge in [0, 0.05) is 18.5 Å². The summed E-state index contributed by atoms with van der Waals surface area (Å²) in [4.78, 5) is 15.1. The average molecular weight is 322 g/mol. The molecule has 4 nitrogen and oxygen atoms in total. The van der Waals surface area contributed by atoms with Crippen LogP contribution in [0.15, 0.2) is 0 Å². The predicted octanol–water partition coefficient (Wildman–Crippen LogP) is 2.38. The first-order chi connectivity index (χ1) is 11.2. The Hall–Kier alpha value is -0.610. The van der Waals surface area contributed by atoms with Crippen molar-refractivity contribution in [1.82, 2.24) is 10.2 Å². The quantitative estimate of drug-likeness (QED) is 0.817. The number of carbonyl (C=O) groups is 1. The third-order valence-electron chi connectivity index (χ3n) is 6.60. The highest BCUT2D eigenvalue weighted by Crippen LogP contribution is 2.41. The van der Waals surface area contributed by atoms with Crippen molar-refractivity contribution in [3.63, 3.8) is 0 Å². The second-order valence-electron chi connectivity index (χ2n) is 8.23. The molecule has 1 aliphatic heterocycles. The molecule has 1 saturated heterocycles. The highest BCUT2D eigenvalue weighted by Gasteiger charge is 2.40. The van der Waals surface area contributed by atoms with E-state index in [1.54, 1.807) is 0 Å². The minimum Gasteiger partial charge on any atom is -0.356 e. The lowest BCUT2D eigenvalue weighted by Crippen LogP contribution is -2.49. The van der Waals surface area contributed by atoms with Crippen molar-refractivity contribution >= 4 is 5.91 Å². The number of carbonyl (C=O) groups excluding carboxylic acids is 1. The Morgan fingerprint density at radius 1 is 1.13 bits per heavy atom. The van der Waals surface area contributed by atoms with Gasteiger partial charge in [-0.25, -0.2) is 0 Å². The number of hydrogen-bond donors (Lipinski definition) is 2. The summed E-state index contributed by atoms with van der Waals surface area (Å²) in [5.41, 5.74) is 6.34. The van der Waals surface area contributed by atoms with Crippen LogP contribution < -0.4 is 11.1 Å². The van der Waals surface area contributed by atoms with Gasteiger partial charge < -0.3 is 16.0 Å². The standard InChI is InChI=1S/C19H35N3O/c1-2-8-22-9-6-14(7-10-22)13-21-19(23)17-11-15-4-3-5-16(12-17)18(15)20/h14-18H,2-13,20H2,1H3,(H,21,23). The Morgan fingerprint density at radius 3 is 2.39 bits per heavy atom. The topological polar surface area (TPSA) is 58.4 Å². The second kappa shape index (κ2) is 7.98. The average Bonchev–Trinajstić information content (AvgIpc) is 2.54. The zero-order chi connectivity index (χ0) is 16.2. The zero-order valence-corrected chi connectivity index (χ0v) is 14.8. The van der Waals surface area contributed by atoms with E-state index in [9.17, 15) is 4.79 Å².